The van der Waals surface area contributed by atoms with Gasteiger partial charge in [0.25, 0.3) is 0 Å². The fourth-order valence-corrected chi connectivity index (χ4v) is 4.33. The molecule has 31 heavy (non-hydrogen) atoms. The van der Waals surface area contributed by atoms with E-state index in [9.17, 15) is 14.4 Å². The fourth-order valence-electron chi connectivity index (χ4n) is 4.33. The highest BCUT2D eigenvalue weighted by molar-refractivity contribution is 5.90. The lowest BCUT2D eigenvalue weighted by molar-refractivity contribution is -0.127. The molecule has 5 amide bonds. The van der Waals surface area contributed by atoms with E-state index < -0.39 is 5.41 Å². The molecule has 2 heterocycles. The van der Waals surface area contributed by atoms with Crippen LogP contribution in [0.15, 0.2) is 24.3 Å². The summed E-state index contributed by atoms with van der Waals surface area (Å²) in [6.07, 6.45) is 0.329. The first-order valence-electron chi connectivity index (χ1n) is 10.8. The lowest BCUT2D eigenvalue weighted by Crippen LogP contribution is -2.49. The SMILES string of the molecule is CCN1CC2(CC1=O)CN(C(=O)Nc1cccc(OC)c1)CCN(C(=O)NC(C)C)C2. The second-order valence-corrected chi connectivity index (χ2v) is 8.69. The minimum absolute atomic E-state index is 0.0107. The number of anilines is 1. The van der Waals surface area contributed by atoms with Gasteiger partial charge in [0.1, 0.15) is 5.75 Å². The number of urea groups is 2. The van der Waals surface area contributed by atoms with Crippen LogP contribution in [-0.4, -0.2) is 85.1 Å². The van der Waals surface area contributed by atoms with Gasteiger partial charge in [0, 0.05) is 68.9 Å². The van der Waals surface area contributed by atoms with Gasteiger partial charge in [0.05, 0.1) is 7.11 Å². The summed E-state index contributed by atoms with van der Waals surface area (Å²) in [4.78, 5) is 43.7. The molecule has 0 saturated carbocycles. The summed E-state index contributed by atoms with van der Waals surface area (Å²) in [6.45, 7) is 8.59. The van der Waals surface area contributed by atoms with Crippen molar-refractivity contribution in [3.05, 3.63) is 24.3 Å². The molecule has 1 unspecified atom stereocenters. The van der Waals surface area contributed by atoms with E-state index >= 15 is 0 Å². The third-order valence-electron chi connectivity index (χ3n) is 5.79. The molecule has 1 spiro atoms. The second kappa shape index (κ2) is 9.45. The number of carbonyl (C=O) groups is 3. The number of nitrogens with zero attached hydrogens (tertiary/aromatic N) is 3. The highest BCUT2D eigenvalue weighted by Gasteiger charge is 2.47. The molecule has 0 aromatic heterocycles. The summed E-state index contributed by atoms with van der Waals surface area (Å²) < 4.78 is 5.23. The van der Waals surface area contributed by atoms with Crippen molar-refractivity contribution in [3.8, 4) is 5.75 Å². The number of methoxy groups -OCH3 is 1. The molecule has 2 fully saturated rings. The molecular formula is C22H33N5O4. The highest BCUT2D eigenvalue weighted by atomic mass is 16.5. The Morgan fingerprint density at radius 2 is 1.81 bits per heavy atom. The maximum atomic E-state index is 13.1. The molecule has 2 aliphatic heterocycles. The Hall–Kier alpha value is -2.97. The van der Waals surface area contributed by atoms with Gasteiger partial charge in [0.15, 0.2) is 0 Å². The van der Waals surface area contributed by atoms with Gasteiger partial charge in [0.2, 0.25) is 5.91 Å². The maximum Gasteiger partial charge on any atom is 0.321 e. The van der Waals surface area contributed by atoms with E-state index in [4.69, 9.17) is 4.74 Å². The van der Waals surface area contributed by atoms with E-state index in [1.165, 1.54) is 0 Å². The molecular weight excluding hydrogens is 398 g/mol. The van der Waals surface area contributed by atoms with Crippen molar-refractivity contribution in [1.29, 1.82) is 0 Å². The van der Waals surface area contributed by atoms with Crippen LogP contribution in [0, 0.1) is 5.41 Å². The molecule has 1 atom stereocenters. The number of benzene rings is 1. The van der Waals surface area contributed by atoms with E-state index in [-0.39, 0.29) is 24.0 Å². The van der Waals surface area contributed by atoms with Crippen molar-refractivity contribution in [3.63, 3.8) is 0 Å². The average molecular weight is 432 g/mol. The fraction of sp³-hybridized carbons (Fsp3) is 0.591. The number of hydrogen-bond acceptors (Lipinski definition) is 4. The van der Waals surface area contributed by atoms with Crippen LogP contribution >= 0.6 is 0 Å². The first-order chi connectivity index (χ1) is 14.7. The molecule has 3 rings (SSSR count). The van der Waals surface area contributed by atoms with Crippen molar-refractivity contribution in [2.24, 2.45) is 5.41 Å². The maximum absolute atomic E-state index is 13.1. The summed E-state index contributed by atoms with van der Waals surface area (Å²) in [5, 5.41) is 5.86. The Balaban J connectivity index is 1.80. The third kappa shape index (κ3) is 5.39. The molecule has 1 aromatic rings. The number of ether oxygens (including phenoxy) is 1. The quantitative estimate of drug-likeness (QED) is 0.764. The molecule has 170 valence electrons. The van der Waals surface area contributed by atoms with Crippen LogP contribution in [-0.2, 0) is 4.79 Å². The molecule has 0 radical (unpaired) electrons. The largest absolute Gasteiger partial charge is 0.497 e. The van der Waals surface area contributed by atoms with E-state index in [0.717, 1.165) is 0 Å². The first-order valence-corrected chi connectivity index (χ1v) is 10.8. The Morgan fingerprint density at radius 3 is 2.39 bits per heavy atom. The molecule has 1 aromatic carbocycles. The Labute approximate surface area is 183 Å². The summed E-state index contributed by atoms with van der Waals surface area (Å²) in [7, 11) is 1.58. The standard InChI is InChI=1S/C22H33N5O4/c1-5-25-13-22(12-19(25)28)14-26(20(29)23-16(2)3)9-10-27(15-22)21(30)24-17-7-6-8-18(11-17)31-4/h6-8,11,16H,5,9-10,12-15H2,1-4H3,(H,23,29)(H,24,30). The van der Waals surface area contributed by atoms with Crippen molar-refractivity contribution in [2.75, 3.05) is 51.7 Å². The summed E-state index contributed by atoms with van der Waals surface area (Å²) in [5.74, 6) is 0.725. The summed E-state index contributed by atoms with van der Waals surface area (Å²) in [6, 6.07) is 6.78. The lowest BCUT2D eigenvalue weighted by Gasteiger charge is -2.33. The monoisotopic (exact) mass is 431 g/mol. The highest BCUT2D eigenvalue weighted by Crippen LogP contribution is 2.35. The Kier molecular flexibility index (Phi) is 6.92. The predicted octanol–water partition coefficient (Wildman–Crippen LogP) is 2.20. The molecule has 9 nitrogen and oxygen atoms in total. The van der Waals surface area contributed by atoms with E-state index in [1.54, 1.807) is 29.0 Å². The number of likely N-dealkylation sites (tertiary alicyclic amines) is 1. The van der Waals surface area contributed by atoms with Gasteiger partial charge < -0.3 is 30.1 Å². The smallest absolute Gasteiger partial charge is 0.321 e. The van der Waals surface area contributed by atoms with Gasteiger partial charge in [-0.3, -0.25) is 4.79 Å². The number of hydrogen-bond donors (Lipinski definition) is 2. The Bertz CT molecular complexity index is 830. The summed E-state index contributed by atoms with van der Waals surface area (Å²) in [5.41, 5.74) is 0.152. The Morgan fingerprint density at radius 1 is 1.13 bits per heavy atom. The van der Waals surface area contributed by atoms with Gasteiger partial charge in [-0.15, -0.1) is 0 Å². The van der Waals surface area contributed by atoms with Crippen molar-refractivity contribution in [1.82, 2.24) is 20.0 Å². The van der Waals surface area contributed by atoms with Crippen LogP contribution in [0.25, 0.3) is 0 Å². The van der Waals surface area contributed by atoms with Gasteiger partial charge in [-0.05, 0) is 32.9 Å². The number of nitrogens with one attached hydrogen (secondary N) is 2. The van der Waals surface area contributed by atoms with E-state index in [2.05, 4.69) is 10.6 Å². The van der Waals surface area contributed by atoms with Crippen LogP contribution in [0.5, 0.6) is 5.75 Å². The van der Waals surface area contributed by atoms with Crippen LogP contribution in [0.1, 0.15) is 27.2 Å². The molecule has 0 bridgehead atoms. The zero-order valence-electron chi connectivity index (χ0n) is 18.8. The normalized spacial score (nSPS) is 21.5. The minimum Gasteiger partial charge on any atom is -0.497 e. The molecule has 2 aliphatic rings. The zero-order chi connectivity index (χ0) is 22.6. The van der Waals surface area contributed by atoms with Crippen LogP contribution < -0.4 is 15.4 Å². The van der Waals surface area contributed by atoms with Gasteiger partial charge in [-0.25, -0.2) is 9.59 Å². The molecule has 0 aliphatic carbocycles. The van der Waals surface area contributed by atoms with Gasteiger partial charge >= 0.3 is 12.1 Å². The van der Waals surface area contributed by atoms with E-state index in [1.807, 2.05) is 37.8 Å². The topological polar surface area (TPSA) is 94.2 Å². The number of rotatable bonds is 4. The van der Waals surface area contributed by atoms with E-state index in [0.29, 0.717) is 57.1 Å². The molecule has 2 N–H and O–H groups in total. The molecule has 2 saturated heterocycles. The first kappa shape index (κ1) is 22.7. The minimum atomic E-state index is -0.483. The van der Waals surface area contributed by atoms with Gasteiger partial charge in [-0.1, -0.05) is 6.07 Å². The van der Waals surface area contributed by atoms with Crippen LogP contribution in [0.2, 0.25) is 0 Å². The van der Waals surface area contributed by atoms with Crippen molar-refractivity contribution in [2.45, 2.75) is 33.2 Å². The average Bonchev–Trinajstić information content (AvgIpc) is 2.91. The van der Waals surface area contributed by atoms with Crippen LogP contribution in [0.4, 0.5) is 15.3 Å². The van der Waals surface area contributed by atoms with Crippen molar-refractivity contribution >= 4 is 23.7 Å². The lowest BCUT2D eigenvalue weighted by atomic mass is 9.86. The predicted molar refractivity (Wildman–Crippen MR) is 118 cm³/mol. The second-order valence-electron chi connectivity index (χ2n) is 8.69. The summed E-state index contributed by atoms with van der Waals surface area (Å²) >= 11 is 0. The number of carbonyl (C=O) groups excluding carboxylic acids is 3. The zero-order valence-corrected chi connectivity index (χ0v) is 18.8. The van der Waals surface area contributed by atoms with Crippen LogP contribution in [0.3, 0.4) is 0 Å². The molecule has 9 heteroatoms. The van der Waals surface area contributed by atoms with Gasteiger partial charge in [-0.2, -0.15) is 0 Å². The van der Waals surface area contributed by atoms with Crippen molar-refractivity contribution < 1.29 is 19.1 Å². The number of amides is 5. The third-order valence-corrected chi connectivity index (χ3v) is 5.79.